The Morgan fingerprint density at radius 3 is 2.59 bits per heavy atom. The molecule has 180 valence electrons. The number of nitrogens with zero attached hydrogens (tertiary/aromatic N) is 3. The van der Waals surface area contributed by atoms with Crippen LogP contribution >= 0.6 is 11.3 Å². The van der Waals surface area contributed by atoms with Crippen molar-refractivity contribution in [1.29, 1.82) is 0 Å². The number of nitrogens with one attached hydrogen (secondary N) is 1. The summed E-state index contributed by atoms with van der Waals surface area (Å²) in [5, 5.41) is 5.76. The van der Waals surface area contributed by atoms with Gasteiger partial charge in [0.2, 0.25) is 5.91 Å². The number of amides is 2. The number of hydrogen-bond donors (Lipinski definition) is 1. The largest absolute Gasteiger partial charge is 0.444 e. The summed E-state index contributed by atoms with van der Waals surface area (Å²) < 4.78 is 5.55. The predicted octanol–water partition coefficient (Wildman–Crippen LogP) is 5.00. The summed E-state index contributed by atoms with van der Waals surface area (Å²) in [6.45, 7) is 8.89. The van der Waals surface area contributed by atoms with Gasteiger partial charge in [0.1, 0.15) is 10.6 Å². The van der Waals surface area contributed by atoms with Crippen molar-refractivity contribution >= 4 is 23.3 Å². The van der Waals surface area contributed by atoms with Crippen LogP contribution in [0.5, 0.6) is 0 Å². The fourth-order valence-electron chi connectivity index (χ4n) is 3.22. The third-order valence-electron chi connectivity index (χ3n) is 4.87. The number of rotatable bonds is 9. The Kier molecular flexibility index (Phi) is 8.76. The van der Waals surface area contributed by atoms with E-state index in [4.69, 9.17) is 4.74 Å². The number of ether oxygens (including phenoxy) is 1. The zero-order valence-electron chi connectivity index (χ0n) is 20.2. The first kappa shape index (κ1) is 25.4. The van der Waals surface area contributed by atoms with Gasteiger partial charge in [-0.15, -0.1) is 11.3 Å². The smallest absolute Gasteiger partial charge is 0.410 e. The summed E-state index contributed by atoms with van der Waals surface area (Å²) in [5.74, 6) is -0.0863. The second-order valence-corrected chi connectivity index (χ2v) is 10.0. The van der Waals surface area contributed by atoms with Crippen LogP contribution in [0.1, 0.15) is 44.0 Å². The molecule has 1 aromatic carbocycles. The van der Waals surface area contributed by atoms with Crippen molar-refractivity contribution in [2.45, 2.75) is 52.7 Å². The van der Waals surface area contributed by atoms with Gasteiger partial charge in [-0.25, -0.2) is 9.78 Å². The normalized spacial score (nSPS) is 11.2. The molecule has 0 spiro atoms. The van der Waals surface area contributed by atoms with Gasteiger partial charge in [0.05, 0.1) is 18.7 Å². The van der Waals surface area contributed by atoms with Crippen LogP contribution in [0.3, 0.4) is 0 Å². The number of pyridine rings is 1. The molecule has 3 rings (SSSR count). The molecule has 2 heterocycles. The van der Waals surface area contributed by atoms with E-state index in [1.807, 2.05) is 57.3 Å². The second-order valence-electron chi connectivity index (χ2n) is 9.15. The molecule has 0 aliphatic carbocycles. The van der Waals surface area contributed by atoms with Gasteiger partial charge in [-0.1, -0.05) is 35.9 Å². The van der Waals surface area contributed by atoms with Crippen LogP contribution < -0.4 is 5.32 Å². The summed E-state index contributed by atoms with van der Waals surface area (Å²) in [7, 11) is 0. The molecule has 0 aliphatic heterocycles. The molecule has 0 saturated heterocycles. The lowest BCUT2D eigenvalue weighted by atomic mass is 10.2. The monoisotopic (exact) mass is 480 g/mol. The van der Waals surface area contributed by atoms with E-state index in [0.29, 0.717) is 26.1 Å². The Morgan fingerprint density at radius 2 is 1.91 bits per heavy atom. The second kappa shape index (κ2) is 11.7. The summed E-state index contributed by atoms with van der Waals surface area (Å²) in [6.07, 6.45) is 3.89. The number of aromatic nitrogens is 2. The SMILES string of the molecule is Cc1ccc(-c2nc(CC(=O)NCCCN(Cc3cccnc3)C(=O)OC(C)(C)C)cs2)cc1. The molecule has 0 aliphatic rings. The Morgan fingerprint density at radius 1 is 1.15 bits per heavy atom. The highest BCUT2D eigenvalue weighted by Crippen LogP contribution is 2.24. The first-order chi connectivity index (χ1) is 16.2. The summed E-state index contributed by atoms with van der Waals surface area (Å²) >= 11 is 1.54. The van der Waals surface area contributed by atoms with Crippen LogP contribution in [0.4, 0.5) is 4.79 Å². The minimum atomic E-state index is -0.580. The highest BCUT2D eigenvalue weighted by atomic mass is 32.1. The van der Waals surface area contributed by atoms with E-state index in [9.17, 15) is 9.59 Å². The Labute approximate surface area is 205 Å². The lowest BCUT2D eigenvalue weighted by Crippen LogP contribution is -2.38. The number of thiazole rings is 1. The molecule has 0 bridgehead atoms. The molecular formula is C26H32N4O3S. The van der Waals surface area contributed by atoms with Crippen molar-refractivity contribution in [3.8, 4) is 10.6 Å². The molecule has 0 unspecified atom stereocenters. The van der Waals surface area contributed by atoms with Crippen LogP contribution in [0.15, 0.2) is 54.2 Å². The predicted molar refractivity (Wildman–Crippen MR) is 134 cm³/mol. The topological polar surface area (TPSA) is 84.4 Å². The summed E-state index contributed by atoms with van der Waals surface area (Å²) in [6, 6.07) is 12.0. The number of aryl methyl sites for hydroxylation is 1. The maximum absolute atomic E-state index is 12.7. The number of carbonyl (C=O) groups is 2. The Hall–Kier alpha value is -3.26. The lowest BCUT2D eigenvalue weighted by Gasteiger charge is -2.27. The summed E-state index contributed by atoms with van der Waals surface area (Å²) in [5.41, 5.74) is 3.35. The molecular weight excluding hydrogens is 448 g/mol. The van der Waals surface area contributed by atoms with Gasteiger partial charge in [-0.05, 0) is 45.7 Å². The van der Waals surface area contributed by atoms with E-state index in [1.165, 1.54) is 16.9 Å². The third kappa shape index (κ3) is 8.26. The highest BCUT2D eigenvalue weighted by Gasteiger charge is 2.22. The quantitative estimate of drug-likeness (QED) is 0.436. The fourth-order valence-corrected chi connectivity index (χ4v) is 4.04. The zero-order chi connectivity index (χ0) is 24.6. The molecule has 7 nitrogen and oxygen atoms in total. The van der Waals surface area contributed by atoms with Gasteiger partial charge in [0.25, 0.3) is 0 Å². The van der Waals surface area contributed by atoms with E-state index < -0.39 is 5.60 Å². The van der Waals surface area contributed by atoms with Crippen LogP contribution in [0.2, 0.25) is 0 Å². The Balaban J connectivity index is 1.48. The molecule has 3 aromatic rings. The van der Waals surface area contributed by atoms with E-state index in [2.05, 4.69) is 27.4 Å². The van der Waals surface area contributed by atoms with Crippen molar-refractivity contribution in [2.75, 3.05) is 13.1 Å². The summed E-state index contributed by atoms with van der Waals surface area (Å²) in [4.78, 5) is 35.4. The molecule has 0 radical (unpaired) electrons. The van der Waals surface area contributed by atoms with Crippen LogP contribution in [-0.2, 0) is 22.5 Å². The first-order valence-corrected chi connectivity index (χ1v) is 12.2. The Bertz CT molecular complexity index is 1080. The minimum Gasteiger partial charge on any atom is -0.444 e. The van der Waals surface area contributed by atoms with Gasteiger partial charge in [0.15, 0.2) is 0 Å². The maximum Gasteiger partial charge on any atom is 0.410 e. The van der Waals surface area contributed by atoms with Crippen LogP contribution in [0, 0.1) is 6.92 Å². The average molecular weight is 481 g/mol. The van der Waals surface area contributed by atoms with Gasteiger partial charge in [-0.3, -0.25) is 9.78 Å². The number of carbonyl (C=O) groups excluding carboxylic acids is 2. The van der Waals surface area contributed by atoms with Gasteiger partial charge < -0.3 is 15.0 Å². The number of benzene rings is 1. The van der Waals surface area contributed by atoms with Crippen molar-refractivity contribution in [3.63, 3.8) is 0 Å². The van der Waals surface area contributed by atoms with E-state index in [-0.39, 0.29) is 18.4 Å². The molecule has 2 amide bonds. The van der Waals surface area contributed by atoms with Crippen molar-refractivity contribution in [3.05, 3.63) is 71.0 Å². The van der Waals surface area contributed by atoms with Gasteiger partial charge in [-0.2, -0.15) is 0 Å². The molecule has 8 heteroatoms. The minimum absolute atomic E-state index is 0.0863. The molecule has 1 N–H and O–H groups in total. The molecule has 0 atom stereocenters. The van der Waals surface area contributed by atoms with E-state index >= 15 is 0 Å². The maximum atomic E-state index is 12.7. The van der Waals surface area contributed by atoms with Crippen molar-refractivity contribution in [2.24, 2.45) is 0 Å². The van der Waals surface area contributed by atoms with Crippen molar-refractivity contribution < 1.29 is 14.3 Å². The zero-order valence-corrected chi connectivity index (χ0v) is 21.0. The van der Waals surface area contributed by atoms with Crippen molar-refractivity contribution in [1.82, 2.24) is 20.2 Å². The van der Waals surface area contributed by atoms with Gasteiger partial charge >= 0.3 is 6.09 Å². The van der Waals surface area contributed by atoms with Gasteiger partial charge in [0, 0.05) is 36.4 Å². The molecule has 34 heavy (non-hydrogen) atoms. The van der Waals surface area contributed by atoms with E-state index in [0.717, 1.165) is 21.8 Å². The lowest BCUT2D eigenvalue weighted by molar-refractivity contribution is -0.120. The molecule has 0 fully saturated rings. The third-order valence-corrected chi connectivity index (χ3v) is 5.81. The first-order valence-electron chi connectivity index (χ1n) is 11.3. The standard InChI is InChI=1S/C26H32N4O3S/c1-19-8-10-21(11-9-19)24-29-22(18-34-24)15-23(31)28-13-6-14-30(25(32)33-26(2,3)4)17-20-7-5-12-27-16-20/h5,7-12,16,18H,6,13-15,17H2,1-4H3,(H,28,31). The van der Waals surface area contributed by atoms with Crippen LogP contribution in [0.25, 0.3) is 10.6 Å². The number of hydrogen-bond acceptors (Lipinski definition) is 6. The average Bonchev–Trinajstić information content (AvgIpc) is 3.24. The molecule has 0 saturated carbocycles. The fraction of sp³-hybridized carbons (Fsp3) is 0.385. The highest BCUT2D eigenvalue weighted by molar-refractivity contribution is 7.13. The van der Waals surface area contributed by atoms with E-state index in [1.54, 1.807) is 17.3 Å². The van der Waals surface area contributed by atoms with Crippen LogP contribution in [-0.4, -0.2) is 45.6 Å². The molecule has 2 aromatic heterocycles.